The van der Waals surface area contributed by atoms with Crippen LogP contribution < -0.4 is 0 Å². The first-order valence-electron chi connectivity index (χ1n) is 11.2. The van der Waals surface area contributed by atoms with Crippen molar-refractivity contribution in [3.05, 3.63) is 95.6 Å². The van der Waals surface area contributed by atoms with E-state index in [0.29, 0.717) is 48.1 Å². The first kappa shape index (κ1) is 23.2. The zero-order valence-electron chi connectivity index (χ0n) is 18.5. The molecule has 0 N–H and O–H groups in total. The molecule has 3 aromatic rings. The molecular weight excluding hydrogens is 428 g/mol. The van der Waals surface area contributed by atoms with Gasteiger partial charge in [-0.3, -0.25) is 0 Å². The van der Waals surface area contributed by atoms with E-state index in [0.717, 1.165) is 6.42 Å². The van der Waals surface area contributed by atoms with E-state index in [9.17, 15) is 17.6 Å². The Kier molecular flexibility index (Phi) is 6.99. The van der Waals surface area contributed by atoms with Crippen molar-refractivity contribution >= 4 is 0 Å². The third kappa shape index (κ3) is 4.60. The zero-order valence-corrected chi connectivity index (χ0v) is 18.5. The highest BCUT2D eigenvalue weighted by Crippen LogP contribution is 2.35. The molecule has 172 valence electrons. The highest BCUT2D eigenvalue weighted by Gasteiger charge is 2.26. The van der Waals surface area contributed by atoms with Crippen LogP contribution in [0.1, 0.15) is 43.2 Å². The maximum absolute atomic E-state index is 15.0. The molecule has 0 radical (unpaired) electrons. The van der Waals surface area contributed by atoms with Crippen LogP contribution in [0.4, 0.5) is 17.6 Å². The molecule has 0 saturated carbocycles. The molecule has 1 fully saturated rings. The molecule has 4 rings (SSSR count). The summed E-state index contributed by atoms with van der Waals surface area (Å²) in [6, 6.07) is 12.6. The molecule has 5 heteroatoms. The van der Waals surface area contributed by atoms with Crippen LogP contribution in [0.25, 0.3) is 22.3 Å². The monoisotopic (exact) mass is 454 g/mol. The van der Waals surface area contributed by atoms with E-state index in [1.165, 1.54) is 0 Å². The second kappa shape index (κ2) is 9.92. The Labute approximate surface area is 191 Å². The van der Waals surface area contributed by atoms with Gasteiger partial charge in [0.2, 0.25) is 0 Å². The minimum Gasteiger partial charge on any atom is -0.374 e. The Morgan fingerprint density at radius 1 is 0.818 bits per heavy atom. The summed E-state index contributed by atoms with van der Waals surface area (Å²) >= 11 is 0. The fourth-order valence-electron chi connectivity index (χ4n) is 4.41. The van der Waals surface area contributed by atoms with Gasteiger partial charge in [0.1, 0.15) is 0 Å². The number of halogens is 4. The summed E-state index contributed by atoms with van der Waals surface area (Å²) in [6.45, 7) is 5.93. The summed E-state index contributed by atoms with van der Waals surface area (Å²) in [4.78, 5) is 0. The first-order chi connectivity index (χ1) is 15.9. The van der Waals surface area contributed by atoms with Gasteiger partial charge in [-0.25, -0.2) is 17.6 Å². The molecule has 2 unspecified atom stereocenters. The normalized spacial score (nSPS) is 18.3. The van der Waals surface area contributed by atoms with Gasteiger partial charge in [0, 0.05) is 17.0 Å². The lowest BCUT2D eigenvalue weighted by Crippen LogP contribution is -2.23. The lowest BCUT2D eigenvalue weighted by atomic mass is 9.89. The molecule has 0 spiro atoms. The van der Waals surface area contributed by atoms with E-state index in [1.807, 2.05) is 6.92 Å². The van der Waals surface area contributed by atoms with E-state index in [4.69, 9.17) is 4.74 Å². The summed E-state index contributed by atoms with van der Waals surface area (Å²) in [5.74, 6) is -3.74. The molecule has 1 heterocycles. The number of aryl methyl sites for hydroxylation is 1. The van der Waals surface area contributed by atoms with Crippen LogP contribution in [0, 0.1) is 23.3 Å². The van der Waals surface area contributed by atoms with Crippen LogP contribution in [0.3, 0.4) is 0 Å². The fourth-order valence-corrected chi connectivity index (χ4v) is 4.41. The van der Waals surface area contributed by atoms with Gasteiger partial charge < -0.3 is 4.74 Å². The second-order valence-corrected chi connectivity index (χ2v) is 8.44. The average Bonchev–Trinajstić information content (AvgIpc) is 2.84. The topological polar surface area (TPSA) is 9.23 Å². The van der Waals surface area contributed by atoms with E-state index < -0.39 is 23.3 Å². The molecule has 0 aromatic heterocycles. The summed E-state index contributed by atoms with van der Waals surface area (Å²) in [5, 5.41) is 0. The molecule has 0 aliphatic carbocycles. The lowest BCUT2D eigenvalue weighted by molar-refractivity contribution is 0.0320. The van der Waals surface area contributed by atoms with Gasteiger partial charge in [0.05, 0.1) is 12.7 Å². The van der Waals surface area contributed by atoms with Gasteiger partial charge in [-0.2, -0.15) is 0 Å². The van der Waals surface area contributed by atoms with Crippen molar-refractivity contribution in [3.8, 4) is 22.3 Å². The summed E-state index contributed by atoms with van der Waals surface area (Å²) in [5.41, 5.74) is 1.82. The molecule has 0 amide bonds. The Balaban J connectivity index is 1.59. The van der Waals surface area contributed by atoms with Gasteiger partial charge >= 0.3 is 0 Å². The van der Waals surface area contributed by atoms with Gasteiger partial charge in [-0.1, -0.05) is 68.0 Å². The predicted octanol–water partition coefficient (Wildman–Crippen LogP) is 7.98. The molecule has 0 bridgehead atoms. The summed E-state index contributed by atoms with van der Waals surface area (Å²) < 4.78 is 64.4. The Bertz CT molecular complexity index is 1150. The van der Waals surface area contributed by atoms with Crippen molar-refractivity contribution < 1.29 is 22.3 Å². The van der Waals surface area contributed by atoms with Crippen LogP contribution in [-0.2, 0) is 11.2 Å². The van der Waals surface area contributed by atoms with Crippen LogP contribution in [0.15, 0.2) is 61.2 Å². The molecule has 33 heavy (non-hydrogen) atoms. The highest BCUT2D eigenvalue weighted by molar-refractivity contribution is 5.71. The van der Waals surface area contributed by atoms with Gasteiger partial charge in [0.15, 0.2) is 23.3 Å². The minimum absolute atomic E-state index is 0.0481. The lowest BCUT2D eigenvalue weighted by Gasteiger charge is -2.28. The molecule has 1 aliphatic rings. The number of benzene rings is 3. The maximum Gasteiger partial charge on any atom is 0.166 e. The minimum atomic E-state index is -0.924. The number of rotatable bonds is 6. The Morgan fingerprint density at radius 2 is 1.42 bits per heavy atom. The number of hydrogen-bond donors (Lipinski definition) is 0. The van der Waals surface area contributed by atoms with E-state index >= 15 is 0 Å². The van der Waals surface area contributed by atoms with Crippen molar-refractivity contribution in [2.75, 3.05) is 6.61 Å². The smallest absolute Gasteiger partial charge is 0.166 e. The quantitative estimate of drug-likeness (QED) is 0.271. The number of hydrogen-bond acceptors (Lipinski definition) is 1. The average molecular weight is 455 g/mol. The SMILES string of the molecule is C=CC1CCC(c2ccc(-c3ccc(-c4ccc(CCC)c(F)c4F)cc3)c(F)c2F)CO1. The predicted molar refractivity (Wildman–Crippen MR) is 123 cm³/mol. The number of ether oxygens (including phenoxy) is 1. The summed E-state index contributed by atoms with van der Waals surface area (Å²) in [7, 11) is 0. The van der Waals surface area contributed by atoms with Crippen molar-refractivity contribution in [2.45, 2.75) is 44.6 Å². The third-order valence-electron chi connectivity index (χ3n) is 6.31. The van der Waals surface area contributed by atoms with Crippen molar-refractivity contribution in [3.63, 3.8) is 0 Å². The zero-order chi connectivity index (χ0) is 23.5. The first-order valence-corrected chi connectivity index (χ1v) is 11.2. The van der Waals surface area contributed by atoms with Crippen molar-refractivity contribution in [1.82, 2.24) is 0 Å². The van der Waals surface area contributed by atoms with Crippen LogP contribution in [-0.4, -0.2) is 12.7 Å². The molecular formula is C28H26F4O. The van der Waals surface area contributed by atoms with Crippen LogP contribution >= 0.6 is 0 Å². The Morgan fingerprint density at radius 3 is 1.97 bits per heavy atom. The molecule has 1 aliphatic heterocycles. The van der Waals surface area contributed by atoms with E-state index in [1.54, 1.807) is 54.6 Å². The molecule has 2 atom stereocenters. The van der Waals surface area contributed by atoms with Gasteiger partial charge in [-0.05, 0) is 41.5 Å². The van der Waals surface area contributed by atoms with E-state index in [2.05, 4.69) is 6.58 Å². The highest BCUT2D eigenvalue weighted by atomic mass is 19.2. The molecule has 1 saturated heterocycles. The standard InChI is InChI=1S/C28H26F4O/c1-3-5-19-11-13-22(26(30)25(19)29)17-6-8-18(9-7-17)23-14-15-24(28(32)27(23)31)20-10-12-21(4-2)33-16-20/h4,6-9,11,13-15,20-21H,2-3,5,10,12,16H2,1H3. The van der Waals surface area contributed by atoms with E-state index in [-0.39, 0.29) is 23.1 Å². The summed E-state index contributed by atoms with van der Waals surface area (Å²) in [6.07, 6.45) is 4.27. The van der Waals surface area contributed by atoms with Crippen LogP contribution in [0.5, 0.6) is 0 Å². The molecule has 3 aromatic carbocycles. The maximum atomic E-state index is 15.0. The van der Waals surface area contributed by atoms with Gasteiger partial charge in [-0.15, -0.1) is 6.58 Å². The Hall–Kier alpha value is -2.92. The van der Waals surface area contributed by atoms with Gasteiger partial charge in [0.25, 0.3) is 0 Å². The van der Waals surface area contributed by atoms with Crippen molar-refractivity contribution in [1.29, 1.82) is 0 Å². The largest absolute Gasteiger partial charge is 0.374 e. The third-order valence-corrected chi connectivity index (χ3v) is 6.31. The fraction of sp³-hybridized carbons (Fsp3) is 0.286. The van der Waals surface area contributed by atoms with Crippen molar-refractivity contribution in [2.24, 2.45) is 0 Å². The molecule has 1 nitrogen and oxygen atoms in total. The second-order valence-electron chi connectivity index (χ2n) is 8.44. The van der Waals surface area contributed by atoms with Crippen LogP contribution in [0.2, 0.25) is 0 Å².